The molecule has 0 aliphatic carbocycles. The number of carboxylic acid groups (broad SMARTS) is 1. The summed E-state index contributed by atoms with van der Waals surface area (Å²) in [5.41, 5.74) is 0.186. The molecule has 0 bridgehead atoms. The lowest BCUT2D eigenvalue weighted by Gasteiger charge is -2.11. The highest BCUT2D eigenvalue weighted by Gasteiger charge is 2.18. The fraction of sp³-hybridized carbons (Fsp3) is 0.167. The van der Waals surface area contributed by atoms with E-state index in [2.05, 4.69) is 31.2 Å². The van der Waals surface area contributed by atoms with Crippen molar-refractivity contribution in [1.29, 1.82) is 0 Å². The molecule has 0 saturated carbocycles. The molecule has 1 amide bonds. The zero-order valence-electron chi connectivity index (χ0n) is 10.6. The molecule has 0 aromatic carbocycles. The van der Waals surface area contributed by atoms with Crippen LogP contribution in [0, 0.1) is 0 Å². The molecule has 0 radical (unpaired) electrons. The zero-order chi connectivity index (χ0) is 15.6. The minimum atomic E-state index is -1.10. The molecule has 2 heterocycles. The first-order valence-electron chi connectivity index (χ1n) is 5.69. The second kappa shape index (κ2) is 6.50. The Labute approximate surface area is 137 Å². The quantitative estimate of drug-likeness (QED) is 0.782. The summed E-state index contributed by atoms with van der Waals surface area (Å²) in [5, 5.41) is 13.6. The number of hydrogen-bond donors (Lipinski definition) is 2. The lowest BCUT2D eigenvalue weighted by atomic mass is 10.2. The number of nitrogens with zero attached hydrogens (tertiary/aromatic N) is 2. The van der Waals surface area contributed by atoms with E-state index in [9.17, 15) is 9.59 Å². The van der Waals surface area contributed by atoms with Gasteiger partial charge in [-0.15, -0.1) is 11.3 Å². The lowest BCUT2D eigenvalue weighted by molar-refractivity contribution is 0.0691. The summed E-state index contributed by atoms with van der Waals surface area (Å²) < 4.78 is 0.632. The van der Waals surface area contributed by atoms with Gasteiger partial charge in [0.15, 0.2) is 5.69 Å². The monoisotopic (exact) mass is 389 g/mol. The second-order valence-electron chi connectivity index (χ2n) is 4.06. The van der Waals surface area contributed by atoms with Gasteiger partial charge < -0.3 is 10.4 Å². The summed E-state index contributed by atoms with van der Waals surface area (Å²) in [6.45, 7) is 1.71. The van der Waals surface area contributed by atoms with Gasteiger partial charge in [0, 0.05) is 16.0 Å². The van der Waals surface area contributed by atoms with Gasteiger partial charge in [0.1, 0.15) is 10.2 Å². The Balaban J connectivity index is 2.14. The first kappa shape index (κ1) is 15.9. The van der Waals surface area contributed by atoms with E-state index in [1.54, 1.807) is 13.0 Å². The van der Waals surface area contributed by atoms with Crippen molar-refractivity contribution < 1.29 is 14.7 Å². The van der Waals surface area contributed by atoms with Crippen LogP contribution in [0.25, 0.3) is 0 Å². The molecule has 2 N–H and O–H groups in total. The Morgan fingerprint density at radius 3 is 2.86 bits per heavy atom. The third kappa shape index (κ3) is 3.78. The van der Waals surface area contributed by atoms with Crippen LogP contribution in [0.5, 0.6) is 0 Å². The molecule has 0 saturated heterocycles. The SMILES string of the molecule is CC(NC(=O)c1cc(Br)cnc1Cl)c1nc(C(=O)O)cs1. The maximum absolute atomic E-state index is 12.1. The van der Waals surface area contributed by atoms with Gasteiger partial charge in [0.05, 0.1) is 11.6 Å². The van der Waals surface area contributed by atoms with Gasteiger partial charge in [-0.1, -0.05) is 11.6 Å². The highest BCUT2D eigenvalue weighted by molar-refractivity contribution is 9.10. The molecule has 2 aromatic heterocycles. The highest BCUT2D eigenvalue weighted by Crippen LogP contribution is 2.21. The predicted molar refractivity (Wildman–Crippen MR) is 81.9 cm³/mol. The van der Waals surface area contributed by atoms with Gasteiger partial charge in [0.2, 0.25) is 0 Å². The zero-order valence-corrected chi connectivity index (χ0v) is 13.8. The molecule has 21 heavy (non-hydrogen) atoms. The van der Waals surface area contributed by atoms with Crippen LogP contribution in [0.3, 0.4) is 0 Å². The molecular weight excluding hydrogens is 382 g/mol. The molecule has 0 aliphatic rings. The third-order valence-corrected chi connectivity index (χ3v) is 4.27. The maximum atomic E-state index is 12.1. The van der Waals surface area contributed by atoms with Crippen molar-refractivity contribution in [3.63, 3.8) is 0 Å². The number of nitrogens with one attached hydrogen (secondary N) is 1. The molecule has 9 heteroatoms. The number of carbonyl (C=O) groups excluding carboxylic acids is 1. The van der Waals surface area contributed by atoms with E-state index in [-0.39, 0.29) is 16.4 Å². The molecular formula is C12H9BrClN3O3S. The summed E-state index contributed by atoms with van der Waals surface area (Å²) in [6, 6.07) is 1.12. The average molecular weight is 391 g/mol. The predicted octanol–water partition coefficient (Wildman–Crippen LogP) is 3.14. The van der Waals surface area contributed by atoms with E-state index in [0.29, 0.717) is 9.48 Å². The number of pyridine rings is 1. The van der Waals surface area contributed by atoms with Crippen molar-refractivity contribution in [2.24, 2.45) is 0 Å². The van der Waals surface area contributed by atoms with Crippen LogP contribution in [0.4, 0.5) is 0 Å². The van der Waals surface area contributed by atoms with E-state index < -0.39 is 17.9 Å². The molecule has 0 aliphatic heterocycles. The Bertz CT molecular complexity index is 707. The normalized spacial score (nSPS) is 12.0. The summed E-state index contributed by atoms with van der Waals surface area (Å²) >= 11 is 10.3. The van der Waals surface area contributed by atoms with Crippen LogP contribution < -0.4 is 5.32 Å². The van der Waals surface area contributed by atoms with Crippen LogP contribution in [0.2, 0.25) is 5.15 Å². The molecule has 2 aromatic rings. The second-order valence-corrected chi connectivity index (χ2v) is 6.23. The first-order chi connectivity index (χ1) is 9.88. The number of carbonyl (C=O) groups is 2. The van der Waals surface area contributed by atoms with Crippen molar-refractivity contribution in [3.05, 3.63) is 43.5 Å². The number of aromatic nitrogens is 2. The summed E-state index contributed by atoms with van der Waals surface area (Å²) in [4.78, 5) is 30.8. The number of aromatic carboxylic acids is 1. The third-order valence-electron chi connectivity index (χ3n) is 2.51. The van der Waals surface area contributed by atoms with Crippen molar-refractivity contribution in [2.75, 3.05) is 0 Å². The Hall–Kier alpha value is -1.51. The van der Waals surface area contributed by atoms with Crippen molar-refractivity contribution >= 4 is 50.7 Å². The number of hydrogen-bond acceptors (Lipinski definition) is 5. The van der Waals surface area contributed by atoms with E-state index in [1.807, 2.05) is 0 Å². The van der Waals surface area contributed by atoms with Gasteiger partial charge in [-0.2, -0.15) is 0 Å². The highest BCUT2D eigenvalue weighted by atomic mass is 79.9. The standard InChI is InChI=1S/C12H9BrClN3O3S/c1-5(11-17-8(4-21-11)12(19)20)16-10(18)7-2-6(13)3-15-9(7)14/h2-5H,1H3,(H,16,18)(H,19,20). The molecule has 1 atom stereocenters. The van der Waals surface area contributed by atoms with Crippen LogP contribution >= 0.6 is 38.9 Å². The smallest absolute Gasteiger partial charge is 0.355 e. The number of amides is 1. The van der Waals surface area contributed by atoms with Crippen molar-refractivity contribution in [1.82, 2.24) is 15.3 Å². The maximum Gasteiger partial charge on any atom is 0.355 e. The van der Waals surface area contributed by atoms with Gasteiger partial charge in [0.25, 0.3) is 5.91 Å². The van der Waals surface area contributed by atoms with Crippen LogP contribution in [-0.2, 0) is 0 Å². The topological polar surface area (TPSA) is 92.2 Å². The minimum Gasteiger partial charge on any atom is -0.476 e. The fourth-order valence-corrected chi connectivity index (χ4v) is 2.82. The molecule has 0 spiro atoms. The van der Waals surface area contributed by atoms with E-state index in [1.165, 1.54) is 22.9 Å². The number of thiazole rings is 1. The van der Waals surface area contributed by atoms with Gasteiger partial charge in [-0.05, 0) is 28.9 Å². The van der Waals surface area contributed by atoms with Crippen molar-refractivity contribution in [2.45, 2.75) is 13.0 Å². The Morgan fingerprint density at radius 2 is 2.24 bits per heavy atom. The molecule has 0 fully saturated rings. The van der Waals surface area contributed by atoms with Gasteiger partial charge >= 0.3 is 5.97 Å². The molecule has 2 rings (SSSR count). The van der Waals surface area contributed by atoms with E-state index in [4.69, 9.17) is 16.7 Å². The van der Waals surface area contributed by atoms with Crippen LogP contribution in [0.1, 0.15) is 38.8 Å². The van der Waals surface area contributed by atoms with Crippen LogP contribution in [-0.4, -0.2) is 27.0 Å². The average Bonchev–Trinajstić information content (AvgIpc) is 2.91. The van der Waals surface area contributed by atoms with E-state index >= 15 is 0 Å². The largest absolute Gasteiger partial charge is 0.476 e. The summed E-state index contributed by atoms with van der Waals surface area (Å²) in [7, 11) is 0. The minimum absolute atomic E-state index is 0.0433. The molecule has 110 valence electrons. The van der Waals surface area contributed by atoms with Gasteiger partial charge in [-0.25, -0.2) is 14.8 Å². The Kier molecular flexibility index (Phi) is 4.92. The summed E-state index contributed by atoms with van der Waals surface area (Å²) in [6.07, 6.45) is 1.49. The van der Waals surface area contributed by atoms with Gasteiger partial charge in [-0.3, -0.25) is 4.79 Å². The van der Waals surface area contributed by atoms with Crippen LogP contribution in [0.15, 0.2) is 22.1 Å². The molecule has 1 unspecified atom stereocenters. The summed E-state index contributed by atoms with van der Waals surface area (Å²) in [5.74, 6) is -1.51. The first-order valence-corrected chi connectivity index (χ1v) is 7.74. The van der Waals surface area contributed by atoms with E-state index in [0.717, 1.165) is 0 Å². The fourth-order valence-electron chi connectivity index (χ4n) is 1.50. The molecule has 6 nitrogen and oxygen atoms in total. The lowest BCUT2D eigenvalue weighted by Crippen LogP contribution is -2.27. The number of halogens is 2. The van der Waals surface area contributed by atoms with Crippen molar-refractivity contribution in [3.8, 4) is 0 Å². The number of rotatable bonds is 4. The number of carboxylic acids is 1. The Morgan fingerprint density at radius 1 is 1.52 bits per heavy atom.